The lowest BCUT2D eigenvalue weighted by Gasteiger charge is -2.14. The minimum Gasteiger partial charge on any atom is -0.376 e. The maximum Gasteiger partial charge on any atom is 0.297 e. The third-order valence-corrected chi connectivity index (χ3v) is 3.06. The second-order valence-corrected chi connectivity index (χ2v) is 5.39. The molecule has 0 aliphatic carbocycles. The third-order valence-electron chi connectivity index (χ3n) is 2.21. The molecule has 1 heterocycles. The molecule has 3 unspecified atom stereocenters. The van der Waals surface area contributed by atoms with Crippen LogP contribution in [0, 0.1) is 5.92 Å². The summed E-state index contributed by atoms with van der Waals surface area (Å²) in [7, 11) is 1.41. The van der Waals surface area contributed by atoms with E-state index in [1.807, 2.05) is 13.8 Å². The normalized spacial score (nSPS) is 37.1. The van der Waals surface area contributed by atoms with Crippen molar-refractivity contribution >= 4 is 19.9 Å². The van der Waals surface area contributed by atoms with Gasteiger partial charge >= 0.3 is 0 Å². The van der Waals surface area contributed by atoms with Gasteiger partial charge < -0.3 is 4.74 Å². The maximum absolute atomic E-state index is 10.6. The Morgan fingerprint density at radius 3 is 2.42 bits per heavy atom. The van der Waals surface area contributed by atoms with Crippen LogP contribution in [0.4, 0.5) is 0 Å². The van der Waals surface area contributed by atoms with E-state index in [2.05, 4.69) is 4.72 Å². The van der Waals surface area contributed by atoms with Crippen LogP contribution in [-0.2, 0) is 14.0 Å². The molecule has 0 bridgehead atoms. The van der Waals surface area contributed by atoms with E-state index in [1.54, 1.807) is 0 Å². The van der Waals surface area contributed by atoms with Crippen molar-refractivity contribution in [1.82, 2.24) is 4.72 Å². The van der Waals surface area contributed by atoms with Crippen molar-refractivity contribution in [3.63, 3.8) is 0 Å². The Hall–Kier alpha value is 0.160. The fourth-order valence-corrected chi connectivity index (χ4v) is 2.20. The second-order valence-electron chi connectivity index (χ2n) is 3.06. The number of ether oxygens (including phenoxy) is 1. The average Bonchev–Trinajstić information content (AvgIpc) is 2.16. The van der Waals surface area contributed by atoms with E-state index >= 15 is 0 Å². The van der Waals surface area contributed by atoms with Crippen molar-refractivity contribution in [2.45, 2.75) is 26.0 Å². The molecule has 1 rings (SSSR count). The summed E-state index contributed by atoms with van der Waals surface area (Å²) >= 11 is 0. The molecule has 4 nitrogen and oxygen atoms in total. The lowest BCUT2D eigenvalue weighted by molar-refractivity contribution is 0.109. The highest BCUT2D eigenvalue weighted by molar-refractivity contribution is 8.12. The topological polar surface area (TPSA) is 55.4 Å². The van der Waals surface area contributed by atoms with Gasteiger partial charge in [0.1, 0.15) is 0 Å². The molecule has 1 N–H and O–H groups in total. The van der Waals surface area contributed by atoms with E-state index in [1.165, 1.54) is 0 Å². The summed E-state index contributed by atoms with van der Waals surface area (Å²) in [5.41, 5.74) is 0. The van der Waals surface area contributed by atoms with Crippen LogP contribution in [0.25, 0.3) is 0 Å². The molecule has 72 valence electrons. The Labute approximate surface area is 76.8 Å². The Bertz CT molecular complexity index is 254. The number of nitrogens with one attached hydrogen (secondary N) is 1. The molecule has 1 saturated heterocycles. The van der Waals surface area contributed by atoms with Gasteiger partial charge in [-0.25, -0.2) is 0 Å². The summed E-state index contributed by atoms with van der Waals surface area (Å²) in [6.07, 6.45) is 0.0842. The van der Waals surface area contributed by atoms with Gasteiger partial charge in [0.25, 0.3) is 9.24 Å². The molecule has 12 heavy (non-hydrogen) atoms. The van der Waals surface area contributed by atoms with Gasteiger partial charge in [0, 0.05) is 16.6 Å². The van der Waals surface area contributed by atoms with E-state index in [0.717, 1.165) is 0 Å². The molecule has 0 amide bonds. The highest BCUT2D eigenvalue weighted by atomic mass is 35.7. The summed E-state index contributed by atoms with van der Waals surface area (Å²) in [6.45, 7) is 4.24. The van der Waals surface area contributed by atoms with E-state index in [9.17, 15) is 8.42 Å². The van der Waals surface area contributed by atoms with Crippen LogP contribution >= 0.6 is 10.7 Å². The first kappa shape index (κ1) is 10.2. The van der Waals surface area contributed by atoms with E-state index in [0.29, 0.717) is 6.61 Å². The smallest absolute Gasteiger partial charge is 0.297 e. The Morgan fingerprint density at radius 2 is 2.08 bits per heavy atom. The van der Waals surface area contributed by atoms with Gasteiger partial charge in [-0.05, 0) is 6.92 Å². The van der Waals surface area contributed by atoms with Crippen LogP contribution in [0.2, 0.25) is 0 Å². The zero-order chi connectivity index (χ0) is 9.35. The monoisotopic (exact) mass is 213 g/mol. The van der Waals surface area contributed by atoms with Gasteiger partial charge in [0.15, 0.2) is 0 Å². The second kappa shape index (κ2) is 3.49. The number of hydrogen-bond donors (Lipinski definition) is 1. The van der Waals surface area contributed by atoms with E-state index < -0.39 is 9.24 Å². The minimum atomic E-state index is -3.62. The predicted molar refractivity (Wildman–Crippen MR) is 46.3 cm³/mol. The molecule has 0 spiro atoms. The Kier molecular flexibility index (Phi) is 2.98. The first-order chi connectivity index (χ1) is 5.40. The molecule has 1 aliphatic heterocycles. The van der Waals surface area contributed by atoms with Crippen LogP contribution in [0.5, 0.6) is 0 Å². The first-order valence-electron chi connectivity index (χ1n) is 3.73. The van der Waals surface area contributed by atoms with Crippen molar-refractivity contribution in [2.75, 3.05) is 6.61 Å². The third kappa shape index (κ3) is 2.58. The lowest BCUT2D eigenvalue weighted by atomic mass is 10.0. The predicted octanol–water partition coefficient (Wildman–Crippen LogP) is 0.483. The molecule has 0 radical (unpaired) electrons. The Morgan fingerprint density at radius 1 is 1.50 bits per heavy atom. The molecular weight excluding hydrogens is 202 g/mol. The van der Waals surface area contributed by atoms with Crippen LogP contribution < -0.4 is 4.72 Å². The van der Waals surface area contributed by atoms with Crippen molar-refractivity contribution in [3.05, 3.63) is 0 Å². The van der Waals surface area contributed by atoms with Crippen molar-refractivity contribution < 1.29 is 13.2 Å². The fourth-order valence-electron chi connectivity index (χ4n) is 1.21. The summed E-state index contributed by atoms with van der Waals surface area (Å²) in [5.74, 6) is 0.165. The number of rotatable bonds is 2. The van der Waals surface area contributed by atoms with Crippen molar-refractivity contribution in [3.8, 4) is 0 Å². The molecule has 3 atom stereocenters. The zero-order valence-corrected chi connectivity index (χ0v) is 8.52. The molecule has 0 aromatic carbocycles. The zero-order valence-electron chi connectivity index (χ0n) is 6.95. The van der Waals surface area contributed by atoms with Crippen LogP contribution in [-0.4, -0.2) is 27.2 Å². The first-order valence-corrected chi connectivity index (χ1v) is 6.04. The van der Waals surface area contributed by atoms with Crippen LogP contribution in [0.1, 0.15) is 13.8 Å². The average molecular weight is 214 g/mol. The molecular formula is C6H12ClNO3S. The van der Waals surface area contributed by atoms with Gasteiger partial charge in [0.2, 0.25) is 0 Å². The van der Waals surface area contributed by atoms with Crippen LogP contribution in [0.15, 0.2) is 0 Å². The summed E-state index contributed by atoms with van der Waals surface area (Å²) in [6, 6.07) is -0.192. The molecule has 1 aliphatic rings. The SMILES string of the molecule is CC1OCC(NS(=O)(=O)Cl)C1C. The fraction of sp³-hybridized carbons (Fsp3) is 1.00. The van der Waals surface area contributed by atoms with Crippen LogP contribution in [0.3, 0.4) is 0 Å². The van der Waals surface area contributed by atoms with Crippen molar-refractivity contribution in [1.29, 1.82) is 0 Å². The van der Waals surface area contributed by atoms with Crippen molar-refractivity contribution in [2.24, 2.45) is 5.92 Å². The highest BCUT2D eigenvalue weighted by Gasteiger charge is 2.32. The Balaban J connectivity index is 2.56. The molecule has 6 heteroatoms. The molecule has 0 aromatic heterocycles. The van der Waals surface area contributed by atoms with Gasteiger partial charge in [-0.2, -0.15) is 13.1 Å². The molecule has 0 aromatic rings. The molecule has 1 fully saturated rings. The summed E-state index contributed by atoms with van der Waals surface area (Å²) < 4.78 is 28.8. The summed E-state index contributed by atoms with van der Waals surface area (Å²) in [4.78, 5) is 0. The highest BCUT2D eigenvalue weighted by Crippen LogP contribution is 2.21. The lowest BCUT2D eigenvalue weighted by Crippen LogP contribution is -2.37. The van der Waals surface area contributed by atoms with E-state index in [4.69, 9.17) is 15.4 Å². The largest absolute Gasteiger partial charge is 0.376 e. The maximum atomic E-state index is 10.6. The number of hydrogen-bond acceptors (Lipinski definition) is 3. The summed E-state index contributed by atoms with van der Waals surface area (Å²) in [5, 5.41) is 0. The van der Waals surface area contributed by atoms with Gasteiger partial charge in [-0.1, -0.05) is 6.92 Å². The minimum absolute atomic E-state index is 0.0842. The van der Waals surface area contributed by atoms with Gasteiger partial charge in [-0.3, -0.25) is 0 Å². The standard InChI is InChI=1S/C6H12ClNO3S/c1-4-5(2)11-3-6(4)8-12(7,9)10/h4-6,8H,3H2,1-2H3. The quantitative estimate of drug-likeness (QED) is 0.679. The molecule has 0 saturated carbocycles. The van der Waals surface area contributed by atoms with E-state index in [-0.39, 0.29) is 18.1 Å². The van der Waals surface area contributed by atoms with Gasteiger partial charge in [0.05, 0.1) is 18.8 Å². The van der Waals surface area contributed by atoms with Gasteiger partial charge in [-0.15, -0.1) is 0 Å². The number of halogens is 1.